The van der Waals surface area contributed by atoms with Crippen molar-refractivity contribution in [2.75, 3.05) is 0 Å². The Morgan fingerprint density at radius 2 is 1.58 bits per heavy atom. The van der Waals surface area contributed by atoms with E-state index < -0.39 is 28.6 Å². The zero-order valence-corrected chi connectivity index (χ0v) is 17.4. The molecule has 4 atom stereocenters. The molecule has 31 heavy (non-hydrogen) atoms. The normalized spacial score (nSPS) is 30.5. The van der Waals surface area contributed by atoms with Gasteiger partial charge in [-0.2, -0.15) is 15.8 Å². The molecule has 6 heteroatoms. The Balaban J connectivity index is 1.91. The third-order valence-corrected chi connectivity index (χ3v) is 6.69. The molecule has 4 unspecified atom stereocenters. The molecular formula is C25H22N4O2. The third kappa shape index (κ3) is 2.68. The quantitative estimate of drug-likeness (QED) is 0.800. The van der Waals surface area contributed by atoms with Crippen LogP contribution in [-0.4, -0.2) is 11.7 Å². The van der Waals surface area contributed by atoms with Gasteiger partial charge in [0.1, 0.15) is 6.10 Å². The van der Waals surface area contributed by atoms with Crippen molar-refractivity contribution in [1.82, 2.24) is 0 Å². The largest absolute Gasteiger partial charge is 0.448 e. The van der Waals surface area contributed by atoms with Crippen molar-refractivity contribution in [3.8, 4) is 18.2 Å². The molecule has 4 rings (SSSR count). The zero-order chi connectivity index (χ0) is 22.3. The molecule has 0 amide bonds. The van der Waals surface area contributed by atoms with Crippen LogP contribution < -0.4 is 0 Å². The molecular weight excluding hydrogens is 388 g/mol. The van der Waals surface area contributed by atoms with E-state index in [1.807, 2.05) is 61.5 Å². The fourth-order valence-corrected chi connectivity index (χ4v) is 4.97. The molecule has 0 aliphatic carbocycles. The number of hydrogen-bond acceptors (Lipinski definition) is 6. The lowest BCUT2D eigenvalue weighted by Crippen LogP contribution is -2.59. The first kappa shape index (κ1) is 20.6. The average Bonchev–Trinajstić information content (AvgIpc) is 2.96. The second kappa shape index (κ2) is 7.24. The van der Waals surface area contributed by atoms with Crippen LogP contribution >= 0.6 is 0 Å². The van der Waals surface area contributed by atoms with Crippen LogP contribution in [0.3, 0.4) is 0 Å². The first-order valence-corrected chi connectivity index (χ1v) is 10.2. The van der Waals surface area contributed by atoms with Crippen LogP contribution in [0.1, 0.15) is 36.6 Å². The molecule has 0 radical (unpaired) electrons. The number of rotatable bonds is 4. The lowest BCUT2D eigenvalue weighted by atomic mass is 9.52. The fraction of sp³-hybridized carbons (Fsp3) is 0.360. The molecule has 2 aromatic rings. The number of fused-ring (bicyclic) bond motifs is 2. The smallest absolute Gasteiger partial charge is 0.215 e. The van der Waals surface area contributed by atoms with Crippen LogP contribution in [0, 0.1) is 56.2 Å². The SMILES string of the molecule is CCc1ccc(C2OC3(C)OC(=N)C(C#N)(C3Cc3ccccc3)C2(C#N)C#N)cc1. The summed E-state index contributed by atoms with van der Waals surface area (Å²) in [5, 5.41) is 39.7. The molecule has 0 aromatic heterocycles. The van der Waals surface area contributed by atoms with Gasteiger partial charge in [-0.25, -0.2) is 0 Å². The Labute approximate surface area is 181 Å². The Bertz CT molecular complexity index is 1130. The molecule has 0 spiro atoms. The standard InChI is InChI=1S/C25H22N4O2/c1-3-17-9-11-19(12-10-17)21-24(14-26,15-27)25(16-28)20(13-18-7-5-4-6-8-18)23(2,30-21)31-22(25)29/h4-12,20-21,29H,3,13H2,1-2H3. The number of nitrogens with zero attached hydrogens (tertiary/aromatic N) is 3. The minimum atomic E-state index is -1.94. The van der Waals surface area contributed by atoms with Gasteiger partial charge in [-0.15, -0.1) is 0 Å². The van der Waals surface area contributed by atoms with Crippen molar-refractivity contribution < 1.29 is 9.47 Å². The van der Waals surface area contributed by atoms with Gasteiger partial charge in [-0.05, 0) is 29.5 Å². The molecule has 1 N–H and O–H groups in total. The van der Waals surface area contributed by atoms with Gasteiger partial charge in [-0.1, -0.05) is 61.5 Å². The topological polar surface area (TPSA) is 114 Å². The maximum absolute atomic E-state index is 10.4. The predicted molar refractivity (Wildman–Crippen MR) is 112 cm³/mol. The second-order valence-corrected chi connectivity index (χ2v) is 8.23. The molecule has 0 saturated carbocycles. The number of ether oxygens (including phenoxy) is 2. The molecule has 2 aliphatic heterocycles. The Kier molecular flexibility index (Phi) is 4.81. The van der Waals surface area contributed by atoms with Crippen molar-refractivity contribution in [2.24, 2.45) is 16.7 Å². The van der Waals surface area contributed by atoms with E-state index in [0.717, 1.165) is 17.5 Å². The lowest BCUT2D eigenvalue weighted by molar-refractivity contribution is -0.272. The van der Waals surface area contributed by atoms with Gasteiger partial charge >= 0.3 is 0 Å². The van der Waals surface area contributed by atoms with E-state index in [1.54, 1.807) is 6.92 Å². The summed E-state index contributed by atoms with van der Waals surface area (Å²) in [6.45, 7) is 3.73. The first-order chi connectivity index (χ1) is 14.9. The highest BCUT2D eigenvalue weighted by molar-refractivity contribution is 5.89. The summed E-state index contributed by atoms with van der Waals surface area (Å²) < 4.78 is 12.2. The average molecular weight is 410 g/mol. The molecule has 2 saturated heterocycles. The molecule has 2 heterocycles. The van der Waals surface area contributed by atoms with Crippen molar-refractivity contribution in [1.29, 1.82) is 21.2 Å². The van der Waals surface area contributed by atoms with Crippen molar-refractivity contribution in [2.45, 2.75) is 38.6 Å². The van der Waals surface area contributed by atoms with Crippen LogP contribution in [0.25, 0.3) is 0 Å². The highest BCUT2D eigenvalue weighted by atomic mass is 16.7. The number of nitrogens with one attached hydrogen (secondary N) is 1. The van der Waals surface area contributed by atoms with Crippen LogP contribution in [-0.2, 0) is 22.3 Å². The maximum atomic E-state index is 10.4. The monoisotopic (exact) mass is 410 g/mol. The molecule has 2 fully saturated rings. The lowest BCUT2D eigenvalue weighted by Gasteiger charge is -2.48. The molecule has 154 valence electrons. The summed E-state index contributed by atoms with van der Waals surface area (Å²) >= 11 is 0. The van der Waals surface area contributed by atoms with Gasteiger partial charge in [0, 0.05) is 6.92 Å². The maximum Gasteiger partial charge on any atom is 0.215 e. The second-order valence-electron chi connectivity index (χ2n) is 8.23. The zero-order valence-electron chi connectivity index (χ0n) is 17.4. The number of aryl methyl sites for hydroxylation is 1. The number of benzene rings is 2. The van der Waals surface area contributed by atoms with Crippen LogP contribution in [0.15, 0.2) is 54.6 Å². The molecule has 2 aliphatic rings. The number of hydrogen-bond donors (Lipinski definition) is 1. The minimum absolute atomic E-state index is 0.333. The fourth-order valence-electron chi connectivity index (χ4n) is 4.97. The summed E-state index contributed by atoms with van der Waals surface area (Å²) in [5.41, 5.74) is -1.08. The highest BCUT2D eigenvalue weighted by Crippen LogP contribution is 2.66. The van der Waals surface area contributed by atoms with Gasteiger partial charge in [0.25, 0.3) is 0 Å². The summed E-state index contributed by atoms with van der Waals surface area (Å²) in [6.07, 6.45) is 0.146. The predicted octanol–water partition coefficient (Wildman–Crippen LogP) is 4.45. The van der Waals surface area contributed by atoms with Gasteiger partial charge in [0.05, 0.1) is 24.1 Å². The van der Waals surface area contributed by atoms with Crippen LogP contribution in [0.2, 0.25) is 0 Å². The third-order valence-electron chi connectivity index (χ3n) is 6.69. The summed E-state index contributed by atoms with van der Waals surface area (Å²) in [4.78, 5) is 0. The van der Waals surface area contributed by atoms with Crippen molar-refractivity contribution >= 4 is 5.90 Å². The van der Waals surface area contributed by atoms with Gasteiger partial charge < -0.3 is 9.47 Å². The van der Waals surface area contributed by atoms with Crippen LogP contribution in [0.4, 0.5) is 0 Å². The Hall–Kier alpha value is -3.66. The summed E-state index contributed by atoms with van der Waals surface area (Å²) in [7, 11) is 0. The van der Waals surface area contributed by atoms with E-state index in [-0.39, 0.29) is 5.90 Å². The molecule has 6 nitrogen and oxygen atoms in total. The van der Waals surface area contributed by atoms with Gasteiger partial charge in [0.2, 0.25) is 17.1 Å². The molecule has 2 bridgehead atoms. The van der Waals surface area contributed by atoms with Gasteiger partial charge in [-0.3, -0.25) is 5.41 Å². The van der Waals surface area contributed by atoms with Crippen molar-refractivity contribution in [3.63, 3.8) is 0 Å². The van der Waals surface area contributed by atoms with E-state index in [4.69, 9.17) is 14.9 Å². The number of nitriles is 3. The van der Waals surface area contributed by atoms with E-state index in [0.29, 0.717) is 12.0 Å². The Morgan fingerprint density at radius 1 is 0.935 bits per heavy atom. The van der Waals surface area contributed by atoms with E-state index in [9.17, 15) is 15.8 Å². The van der Waals surface area contributed by atoms with Gasteiger partial charge in [0.15, 0.2) is 5.41 Å². The first-order valence-electron chi connectivity index (χ1n) is 10.2. The van der Waals surface area contributed by atoms with Crippen molar-refractivity contribution in [3.05, 3.63) is 71.3 Å². The minimum Gasteiger partial charge on any atom is -0.448 e. The summed E-state index contributed by atoms with van der Waals surface area (Å²) in [5.74, 6) is -2.41. The van der Waals surface area contributed by atoms with E-state index >= 15 is 0 Å². The highest BCUT2D eigenvalue weighted by Gasteiger charge is 2.79. The van der Waals surface area contributed by atoms with E-state index in [2.05, 4.69) is 18.2 Å². The van der Waals surface area contributed by atoms with E-state index in [1.165, 1.54) is 0 Å². The molecule has 2 aromatic carbocycles. The summed E-state index contributed by atoms with van der Waals surface area (Å²) in [6, 6.07) is 23.4. The Morgan fingerprint density at radius 3 is 2.13 bits per heavy atom. The van der Waals surface area contributed by atoms with Crippen LogP contribution in [0.5, 0.6) is 0 Å².